The van der Waals surface area contributed by atoms with E-state index in [0.717, 1.165) is 28.9 Å². The third-order valence-corrected chi connectivity index (χ3v) is 7.42. The molecule has 0 bridgehead atoms. The number of benzene rings is 2. The molecule has 0 saturated heterocycles. The molecule has 5 nitrogen and oxygen atoms in total. The average Bonchev–Trinajstić information content (AvgIpc) is 3.47. The SMILES string of the molecule is O=C1C[C@@H](c2cccs2)CC2=C1[C@H](c1ccccc1)c1c([nH]n(-c3ccccc3)c1=O)N2. The molecule has 1 aliphatic heterocycles. The number of aromatic nitrogens is 2. The first-order valence-corrected chi connectivity index (χ1v) is 11.6. The lowest BCUT2D eigenvalue weighted by atomic mass is 9.74. The highest BCUT2D eigenvalue weighted by Crippen LogP contribution is 2.47. The van der Waals surface area contributed by atoms with Crippen molar-refractivity contribution in [1.82, 2.24) is 9.78 Å². The van der Waals surface area contributed by atoms with Crippen LogP contribution in [0.3, 0.4) is 0 Å². The molecular formula is C26H21N3O2S. The molecule has 2 aliphatic rings. The Kier molecular flexibility index (Phi) is 4.47. The van der Waals surface area contributed by atoms with E-state index in [9.17, 15) is 9.59 Å². The van der Waals surface area contributed by atoms with E-state index >= 15 is 0 Å². The number of fused-ring (bicyclic) bond motifs is 1. The second kappa shape index (κ2) is 7.50. The van der Waals surface area contributed by atoms with Gasteiger partial charge in [-0.05, 0) is 35.6 Å². The molecule has 0 radical (unpaired) electrons. The number of H-pyrrole nitrogens is 1. The Labute approximate surface area is 189 Å². The van der Waals surface area contributed by atoms with Crippen LogP contribution in [0.4, 0.5) is 5.82 Å². The van der Waals surface area contributed by atoms with Crippen LogP contribution in [0.1, 0.15) is 40.7 Å². The highest BCUT2D eigenvalue weighted by molar-refractivity contribution is 7.10. The number of thiophene rings is 1. The van der Waals surface area contributed by atoms with Crippen molar-refractivity contribution in [2.45, 2.75) is 24.7 Å². The molecule has 0 fully saturated rings. The van der Waals surface area contributed by atoms with Crippen molar-refractivity contribution in [3.63, 3.8) is 0 Å². The summed E-state index contributed by atoms with van der Waals surface area (Å²) in [6.07, 6.45) is 1.22. The molecule has 0 amide bonds. The minimum absolute atomic E-state index is 0.114. The predicted octanol–water partition coefficient (Wildman–Crippen LogP) is 5.19. The second-order valence-corrected chi connectivity index (χ2v) is 9.26. The van der Waals surface area contributed by atoms with Gasteiger partial charge >= 0.3 is 0 Å². The van der Waals surface area contributed by atoms with Crippen molar-refractivity contribution < 1.29 is 4.79 Å². The van der Waals surface area contributed by atoms with Crippen molar-refractivity contribution in [1.29, 1.82) is 0 Å². The fourth-order valence-corrected chi connectivity index (χ4v) is 5.79. The minimum Gasteiger partial charge on any atom is -0.343 e. The Hall–Kier alpha value is -3.64. The molecule has 4 aromatic rings. The summed E-state index contributed by atoms with van der Waals surface area (Å²) in [6.45, 7) is 0. The fraction of sp³-hybridized carbons (Fsp3) is 0.154. The largest absolute Gasteiger partial charge is 0.343 e. The Morgan fingerprint density at radius 2 is 1.62 bits per heavy atom. The van der Waals surface area contributed by atoms with Crippen LogP contribution in [0, 0.1) is 0 Å². The van der Waals surface area contributed by atoms with E-state index in [4.69, 9.17) is 0 Å². The number of para-hydroxylation sites is 1. The van der Waals surface area contributed by atoms with Crippen LogP contribution in [0.2, 0.25) is 0 Å². The first-order valence-electron chi connectivity index (χ1n) is 10.7. The smallest absolute Gasteiger partial charge is 0.277 e. The summed E-state index contributed by atoms with van der Waals surface area (Å²) in [5, 5.41) is 8.76. The summed E-state index contributed by atoms with van der Waals surface area (Å²) in [7, 11) is 0. The Morgan fingerprint density at radius 3 is 2.34 bits per heavy atom. The Balaban J connectivity index is 1.53. The van der Waals surface area contributed by atoms with Gasteiger partial charge in [-0.2, -0.15) is 0 Å². The maximum absolute atomic E-state index is 13.6. The van der Waals surface area contributed by atoms with Gasteiger partial charge in [-0.1, -0.05) is 54.6 Å². The predicted molar refractivity (Wildman–Crippen MR) is 127 cm³/mol. The topological polar surface area (TPSA) is 66.9 Å². The van der Waals surface area contributed by atoms with Crippen molar-refractivity contribution in [2.24, 2.45) is 0 Å². The number of rotatable bonds is 3. The van der Waals surface area contributed by atoms with Crippen molar-refractivity contribution in [3.8, 4) is 5.69 Å². The number of Topliss-reactive ketones (excluding diaryl/α,β-unsaturated/α-hetero) is 1. The molecule has 6 heteroatoms. The Bertz CT molecular complexity index is 1380. The van der Waals surface area contributed by atoms with Crippen LogP contribution in [-0.2, 0) is 4.79 Å². The molecule has 6 rings (SSSR count). The standard InChI is InChI=1S/C26H21N3O2S/c30-20-15-17(21-12-7-13-32-21)14-19-23(20)22(16-8-3-1-4-9-16)24-25(27-19)28-29(26(24)31)18-10-5-2-6-11-18/h1-13,17,22,27-28H,14-15H2/t17-,22-/m0/s1. The van der Waals surface area contributed by atoms with Crippen LogP contribution in [-0.4, -0.2) is 15.6 Å². The Morgan fingerprint density at radius 1 is 0.875 bits per heavy atom. The molecule has 0 saturated carbocycles. The molecule has 3 heterocycles. The van der Waals surface area contributed by atoms with Gasteiger partial charge in [0.1, 0.15) is 5.82 Å². The molecule has 2 N–H and O–H groups in total. The quantitative estimate of drug-likeness (QED) is 0.462. The van der Waals surface area contributed by atoms with Gasteiger partial charge in [0, 0.05) is 34.4 Å². The molecule has 32 heavy (non-hydrogen) atoms. The number of carbonyl (C=O) groups excluding carboxylic acids is 1. The zero-order valence-corrected chi connectivity index (χ0v) is 18.1. The second-order valence-electron chi connectivity index (χ2n) is 8.28. The third kappa shape index (κ3) is 2.99. The van der Waals surface area contributed by atoms with E-state index in [1.807, 2.05) is 66.7 Å². The third-order valence-electron chi connectivity index (χ3n) is 6.38. The number of carbonyl (C=O) groups is 1. The highest BCUT2D eigenvalue weighted by Gasteiger charge is 2.41. The number of allylic oxidation sites excluding steroid dienone is 2. The van der Waals surface area contributed by atoms with Gasteiger partial charge in [0.2, 0.25) is 0 Å². The van der Waals surface area contributed by atoms with Crippen LogP contribution in [0.15, 0.2) is 94.2 Å². The summed E-state index contributed by atoms with van der Waals surface area (Å²) in [5.74, 6) is 0.567. The molecule has 0 spiro atoms. The summed E-state index contributed by atoms with van der Waals surface area (Å²) in [4.78, 5) is 28.3. The van der Waals surface area contributed by atoms with Gasteiger partial charge in [0.15, 0.2) is 5.78 Å². The van der Waals surface area contributed by atoms with E-state index in [1.54, 1.807) is 16.0 Å². The van der Waals surface area contributed by atoms with Crippen LogP contribution < -0.4 is 10.9 Å². The normalized spacial score (nSPS) is 19.9. The minimum atomic E-state index is -0.382. The van der Waals surface area contributed by atoms with Gasteiger partial charge in [-0.3, -0.25) is 14.7 Å². The number of nitrogens with zero attached hydrogens (tertiary/aromatic N) is 1. The number of anilines is 1. The number of hydrogen-bond acceptors (Lipinski definition) is 4. The number of hydrogen-bond donors (Lipinski definition) is 2. The lowest BCUT2D eigenvalue weighted by Crippen LogP contribution is -2.31. The van der Waals surface area contributed by atoms with Gasteiger partial charge in [0.25, 0.3) is 5.56 Å². The summed E-state index contributed by atoms with van der Waals surface area (Å²) < 4.78 is 1.56. The summed E-state index contributed by atoms with van der Waals surface area (Å²) >= 11 is 1.69. The average molecular weight is 440 g/mol. The van der Waals surface area contributed by atoms with E-state index in [0.29, 0.717) is 17.8 Å². The van der Waals surface area contributed by atoms with Crippen LogP contribution in [0.25, 0.3) is 5.69 Å². The molecular weight excluding hydrogens is 418 g/mol. The van der Waals surface area contributed by atoms with E-state index < -0.39 is 0 Å². The van der Waals surface area contributed by atoms with Gasteiger partial charge in [0.05, 0.1) is 11.3 Å². The molecule has 0 unspecified atom stereocenters. The van der Waals surface area contributed by atoms with Crippen molar-refractivity contribution in [2.75, 3.05) is 5.32 Å². The van der Waals surface area contributed by atoms with Gasteiger partial charge in [-0.15, -0.1) is 11.3 Å². The zero-order chi connectivity index (χ0) is 21.7. The summed E-state index contributed by atoms with van der Waals surface area (Å²) in [6, 6.07) is 23.5. The van der Waals surface area contributed by atoms with Gasteiger partial charge in [-0.25, -0.2) is 4.68 Å². The number of nitrogens with one attached hydrogen (secondary N) is 2. The molecule has 2 atom stereocenters. The van der Waals surface area contributed by atoms with Gasteiger partial charge < -0.3 is 5.32 Å². The molecule has 1 aliphatic carbocycles. The molecule has 2 aromatic heterocycles. The number of ketones is 1. The first kappa shape index (κ1) is 19.1. The molecule has 2 aromatic carbocycles. The highest BCUT2D eigenvalue weighted by atomic mass is 32.1. The number of aromatic amines is 1. The van der Waals surface area contributed by atoms with E-state index in [-0.39, 0.29) is 23.2 Å². The van der Waals surface area contributed by atoms with E-state index in [2.05, 4.69) is 21.9 Å². The molecule has 158 valence electrons. The van der Waals surface area contributed by atoms with Crippen LogP contribution in [0.5, 0.6) is 0 Å². The maximum Gasteiger partial charge on any atom is 0.277 e. The van der Waals surface area contributed by atoms with E-state index in [1.165, 1.54) is 4.88 Å². The maximum atomic E-state index is 13.6. The first-order chi connectivity index (χ1) is 15.7. The van der Waals surface area contributed by atoms with Crippen LogP contribution >= 0.6 is 11.3 Å². The lowest BCUT2D eigenvalue weighted by molar-refractivity contribution is -0.116. The summed E-state index contributed by atoms with van der Waals surface area (Å²) in [5.41, 5.74) is 3.84. The van der Waals surface area contributed by atoms with Crippen molar-refractivity contribution >= 4 is 22.9 Å². The zero-order valence-electron chi connectivity index (χ0n) is 17.2. The van der Waals surface area contributed by atoms with Crippen molar-refractivity contribution in [3.05, 3.63) is 116 Å². The monoisotopic (exact) mass is 439 g/mol. The lowest BCUT2D eigenvalue weighted by Gasteiger charge is -2.34. The fourth-order valence-electron chi connectivity index (χ4n) is 4.96.